The van der Waals surface area contributed by atoms with Crippen molar-refractivity contribution in [1.29, 1.82) is 0 Å². The summed E-state index contributed by atoms with van der Waals surface area (Å²) in [5.74, 6) is 1.87. The van der Waals surface area contributed by atoms with E-state index in [0.29, 0.717) is 17.5 Å². The van der Waals surface area contributed by atoms with Gasteiger partial charge in [0.05, 0.1) is 10.2 Å². The van der Waals surface area contributed by atoms with E-state index in [-0.39, 0.29) is 0 Å². The van der Waals surface area contributed by atoms with Crippen LogP contribution in [0.4, 0.5) is 0 Å². The third-order valence-corrected chi connectivity index (χ3v) is 10.8. The normalized spacial score (nSPS) is 11.8. The van der Waals surface area contributed by atoms with Gasteiger partial charge in [-0.15, -0.1) is 22.7 Å². The van der Waals surface area contributed by atoms with Crippen molar-refractivity contribution in [3.63, 3.8) is 0 Å². The molecule has 10 rings (SSSR count). The molecule has 10 aromatic rings. The van der Waals surface area contributed by atoms with E-state index < -0.39 is 0 Å². The van der Waals surface area contributed by atoms with E-state index in [1.165, 1.54) is 19.5 Å². The molecule has 0 aliphatic rings. The number of nitrogens with zero attached hydrogens (tertiary/aromatic N) is 4. The molecule has 4 heterocycles. The Kier molecular flexibility index (Phi) is 5.85. The summed E-state index contributed by atoms with van der Waals surface area (Å²) in [5.41, 5.74) is 6.59. The summed E-state index contributed by atoms with van der Waals surface area (Å²) in [5, 5.41) is 5.36. The maximum Gasteiger partial charge on any atom is 0.164 e. The van der Waals surface area contributed by atoms with E-state index in [1.807, 2.05) is 66.7 Å². The Morgan fingerprint density at radius 3 is 2.00 bits per heavy atom. The third-order valence-electron chi connectivity index (χ3n) is 8.59. The Morgan fingerprint density at radius 2 is 1.13 bits per heavy atom. The molecule has 0 atom stereocenters. The lowest BCUT2D eigenvalue weighted by Gasteiger charge is -2.10. The molecular formula is C40H22N4OS2. The Bertz CT molecular complexity index is 2780. The molecule has 0 aliphatic carbocycles. The molecule has 4 aromatic heterocycles. The highest BCUT2D eigenvalue weighted by atomic mass is 32.1. The molecule has 6 aromatic carbocycles. The predicted molar refractivity (Wildman–Crippen MR) is 195 cm³/mol. The van der Waals surface area contributed by atoms with Gasteiger partial charge in [0.2, 0.25) is 0 Å². The van der Waals surface area contributed by atoms with E-state index in [0.717, 1.165) is 60.1 Å². The first-order valence-electron chi connectivity index (χ1n) is 15.3. The smallest absolute Gasteiger partial charge is 0.164 e. The Hall–Kier alpha value is -5.76. The molecule has 5 nitrogen and oxygen atoms in total. The van der Waals surface area contributed by atoms with Crippen LogP contribution in [0.25, 0.3) is 97.1 Å². The van der Waals surface area contributed by atoms with Crippen molar-refractivity contribution < 1.29 is 4.42 Å². The molecule has 7 heteroatoms. The number of hydrogen-bond donors (Lipinski definition) is 0. The van der Waals surface area contributed by atoms with Gasteiger partial charge in [0, 0.05) is 53.2 Å². The van der Waals surface area contributed by atoms with Crippen molar-refractivity contribution in [1.82, 2.24) is 19.9 Å². The molecule has 0 saturated heterocycles. The minimum atomic E-state index is 0.609. The number of thiophene rings is 1. The van der Waals surface area contributed by atoms with Gasteiger partial charge in [-0.05, 0) is 42.5 Å². The molecular weight excluding hydrogens is 617 g/mol. The van der Waals surface area contributed by atoms with Gasteiger partial charge in [0.15, 0.2) is 17.5 Å². The van der Waals surface area contributed by atoms with Crippen LogP contribution in [0.15, 0.2) is 138 Å². The topological polar surface area (TPSA) is 64.7 Å². The van der Waals surface area contributed by atoms with Crippen LogP contribution in [0.1, 0.15) is 0 Å². The summed E-state index contributed by atoms with van der Waals surface area (Å²) >= 11 is 3.51. The van der Waals surface area contributed by atoms with Gasteiger partial charge < -0.3 is 4.42 Å². The van der Waals surface area contributed by atoms with Gasteiger partial charge in [-0.2, -0.15) is 0 Å². The number of fused-ring (bicyclic) bond motifs is 7. The van der Waals surface area contributed by atoms with Crippen molar-refractivity contribution in [2.75, 3.05) is 0 Å². The highest BCUT2D eigenvalue weighted by molar-refractivity contribution is 7.26. The monoisotopic (exact) mass is 638 g/mol. The number of rotatable bonds is 4. The van der Waals surface area contributed by atoms with Gasteiger partial charge in [0.25, 0.3) is 0 Å². The van der Waals surface area contributed by atoms with Crippen LogP contribution < -0.4 is 0 Å². The Balaban J connectivity index is 1.23. The summed E-state index contributed by atoms with van der Waals surface area (Å²) in [6.45, 7) is 0. The van der Waals surface area contributed by atoms with Crippen LogP contribution in [0, 0.1) is 0 Å². The lowest BCUT2D eigenvalue weighted by atomic mass is 10.0. The zero-order valence-electron chi connectivity index (χ0n) is 24.7. The molecule has 0 saturated carbocycles. The number of hydrogen-bond acceptors (Lipinski definition) is 7. The van der Waals surface area contributed by atoms with Crippen molar-refractivity contribution in [2.45, 2.75) is 0 Å². The second-order valence-corrected chi connectivity index (χ2v) is 13.5. The second kappa shape index (κ2) is 10.4. The fourth-order valence-electron chi connectivity index (χ4n) is 6.44. The van der Waals surface area contributed by atoms with Gasteiger partial charge in [-0.3, -0.25) is 0 Å². The summed E-state index contributed by atoms with van der Waals surface area (Å²) in [6, 6.07) is 45.7. The largest absolute Gasteiger partial charge is 0.456 e. The predicted octanol–water partition coefficient (Wildman–Crippen LogP) is 11.4. The van der Waals surface area contributed by atoms with Crippen molar-refractivity contribution >= 4 is 75.0 Å². The summed E-state index contributed by atoms with van der Waals surface area (Å²) in [6.07, 6.45) is 0. The van der Waals surface area contributed by atoms with Crippen LogP contribution in [-0.4, -0.2) is 19.9 Å². The Morgan fingerprint density at radius 1 is 0.426 bits per heavy atom. The van der Waals surface area contributed by atoms with E-state index in [2.05, 4.69) is 66.7 Å². The first kappa shape index (κ1) is 26.5. The minimum absolute atomic E-state index is 0.609. The summed E-state index contributed by atoms with van der Waals surface area (Å²) in [4.78, 5) is 20.4. The van der Waals surface area contributed by atoms with E-state index in [1.54, 1.807) is 22.7 Å². The number of furan rings is 1. The molecule has 0 bridgehead atoms. The van der Waals surface area contributed by atoms with Crippen LogP contribution in [0.2, 0.25) is 0 Å². The lowest BCUT2D eigenvalue weighted by molar-refractivity contribution is 0.669. The average molecular weight is 639 g/mol. The SMILES string of the molecule is c1ccc(-c2nc(-c3cccc4oc5ccccc5c34)nc(-c3cccc4sc5ccc(-c6nc7ccccc7s6)cc5c34)n2)cc1. The quantitative estimate of drug-likeness (QED) is 0.192. The fourth-order valence-corrected chi connectivity index (χ4v) is 8.51. The highest BCUT2D eigenvalue weighted by Crippen LogP contribution is 2.43. The van der Waals surface area contributed by atoms with Crippen molar-refractivity contribution in [2.24, 2.45) is 0 Å². The zero-order valence-corrected chi connectivity index (χ0v) is 26.3. The minimum Gasteiger partial charge on any atom is -0.456 e. The molecule has 0 N–H and O–H groups in total. The standard InChI is InChI=1S/C40H22N4OS2/c1-2-10-23(11-3-1)37-42-38(26-13-8-17-31-35(26)25-12-4-6-16-30(25)45-31)44-39(43-37)27-14-9-19-34-36(27)28-22-24(20-21-32(28)46-34)40-41-29-15-5-7-18-33(29)47-40/h1-22H. The fraction of sp³-hybridized carbons (Fsp3) is 0. The Labute approximate surface area is 276 Å². The number of para-hydroxylation sites is 2. The van der Waals surface area contributed by atoms with Gasteiger partial charge in [-0.1, -0.05) is 91.0 Å². The van der Waals surface area contributed by atoms with Crippen molar-refractivity contribution in [3.8, 4) is 44.7 Å². The van der Waals surface area contributed by atoms with Crippen LogP contribution >= 0.6 is 22.7 Å². The first-order chi connectivity index (χ1) is 23.3. The van der Waals surface area contributed by atoms with Crippen LogP contribution in [-0.2, 0) is 0 Å². The molecule has 0 amide bonds. The molecule has 0 aliphatic heterocycles. The number of benzene rings is 6. The lowest BCUT2D eigenvalue weighted by Crippen LogP contribution is -2.00. The van der Waals surface area contributed by atoms with E-state index in [9.17, 15) is 0 Å². The van der Waals surface area contributed by atoms with Gasteiger partial charge in [-0.25, -0.2) is 19.9 Å². The zero-order chi connectivity index (χ0) is 30.9. The van der Waals surface area contributed by atoms with Gasteiger partial charge >= 0.3 is 0 Å². The van der Waals surface area contributed by atoms with Crippen LogP contribution in [0.3, 0.4) is 0 Å². The number of thiazole rings is 1. The summed E-state index contributed by atoms with van der Waals surface area (Å²) < 4.78 is 9.82. The number of aromatic nitrogens is 4. The average Bonchev–Trinajstić information content (AvgIpc) is 3.84. The first-order valence-corrected chi connectivity index (χ1v) is 16.9. The van der Waals surface area contributed by atoms with Gasteiger partial charge in [0.1, 0.15) is 16.2 Å². The van der Waals surface area contributed by atoms with E-state index >= 15 is 0 Å². The molecule has 0 unspecified atom stereocenters. The summed E-state index contributed by atoms with van der Waals surface area (Å²) in [7, 11) is 0. The maximum absolute atomic E-state index is 6.23. The molecule has 220 valence electrons. The van der Waals surface area contributed by atoms with Crippen LogP contribution in [0.5, 0.6) is 0 Å². The second-order valence-electron chi connectivity index (χ2n) is 11.4. The maximum atomic E-state index is 6.23. The molecule has 47 heavy (non-hydrogen) atoms. The van der Waals surface area contributed by atoms with E-state index in [4.69, 9.17) is 24.4 Å². The van der Waals surface area contributed by atoms with Crippen molar-refractivity contribution in [3.05, 3.63) is 133 Å². The molecule has 0 radical (unpaired) electrons. The molecule has 0 spiro atoms. The highest BCUT2D eigenvalue weighted by Gasteiger charge is 2.20. The molecule has 0 fully saturated rings. The third kappa shape index (κ3) is 4.28.